The molecule has 0 bridgehead atoms. The molecule has 2 aromatic rings. The smallest absolute Gasteiger partial charge is 0.130 e. The maximum absolute atomic E-state index is 4.77. The number of aryl methyl sites for hydroxylation is 1. The van der Waals surface area contributed by atoms with Crippen LogP contribution < -0.4 is 5.32 Å². The summed E-state index contributed by atoms with van der Waals surface area (Å²) in [4.78, 5) is 4.77. The first-order chi connectivity index (χ1) is 8.66. The molecule has 1 fully saturated rings. The van der Waals surface area contributed by atoms with Crippen LogP contribution in [0.2, 0.25) is 0 Å². The normalized spacial score (nSPS) is 18.1. The number of anilines is 1. The van der Waals surface area contributed by atoms with Crippen LogP contribution in [0.15, 0.2) is 30.3 Å². The molecule has 0 saturated heterocycles. The van der Waals surface area contributed by atoms with Crippen LogP contribution in [0.3, 0.4) is 0 Å². The van der Waals surface area contributed by atoms with E-state index in [1.165, 1.54) is 36.6 Å². The van der Waals surface area contributed by atoms with Crippen molar-refractivity contribution in [3.8, 4) is 0 Å². The molecule has 2 nitrogen and oxygen atoms in total. The number of pyridine rings is 1. The Hall–Kier alpha value is -1.57. The number of nitrogens with zero attached hydrogens (tertiary/aromatic N) is 1. The number of benzene rings is 1. The standard InChI is InChI=1S/C16H20N2/c1-12-11-13-7-3-4-8-14(13)17-15(12)18-16(2)9-5-6-10-16/h3-4,7-8,11H,5-6,9-10H2,1-2H3,(H,17,18). The van der Waals surface area contributed by atoms with E-state index >= 15 is 0 Å². The van der Waals surface area contributed by atoms with Crippen LogP contribution in [0.4, 0.5) is 5.82 Å². The highest BCUT2D eigenvalue weighted by molar-refractivity contribution is 5.81. The van der Waals surface area contributed by atoms with E-state index in [9.17, 15) is 0 Å². The van der Waals surface area contributed by atoms with Crippen molar-refractivity contribution in [2.24, 2.45) is 0 Å². The van der Waals surface area contributed by atoms with Gasteiger partial charge in [-0.2, -0.15) is 0 Å². The van der Waals surface area contributed by atoms with Gasteiger partial charge in [0.1, 0.15) is 5.82 Å². The van der Waals surface area contributed by atoms with E-state index in [0.29, 0.717) is 0 Å². The maximum atomic E-state index is 4.77. The summed E-state index contributed by atoms with van der Waals surface area (Å²) in [7, 11) is 0. The number of fused-ring (bicyclic) bond motifs is 1. The van der Waals surface area contributed by atoms with Crippen molar-refractivity contribution in [2.75, 3.05) is 5.32 Å². The monoisotopic (exact) mass is 240 g/mol. The largest absolute Gasteiger partial charge is 0.365 e. The van der Waals surface area contributed by atoms with E-state index in [-0.39, 0.29) is 5.54 Å². The Morgan fingerprint density at radius 2 is 1.89 bits per heavy atom. The molecule has 18 heavy (non-hydrogen) atoms. The lowest BCUT2D eigenvalue weighted by Crippen LogP contribution is -2.31. The number of nitrogens with one attached hydrogen (secondary N) is 1. The van der Waals surface area contributed by atoms with E-state index in [2.05, 4.69) is 43.4 Å². The van der Waals surface area contributed by atoms with E-state index in [4.69, 9.17) is 4.98 Å². The lowest BCUT2D eigenvalue weighted by Gasteiger charge is -2.27. The van der Waals surface area contributed by atoms with Crippen LogP contribution in [-0.4, -0.2) is 10.5 Å². The molecule has 1 aliphatic carbocycles. The van der Waals surface area contributed by atoms with Crippen molar-refractivity contribution in [1.29, 1.82) is 0 Å². The van der Waals surface area contributed by atoms with Gasteiger partial charge in [0.25, 0.3) is 0 Å². The zero-order valence-corrected chi connectivity index (χ0v) is 11.2. The van der Waals surface area contributed by atoms with Crippen LogP contribution in [0.1, 0.15) is 38.2 Å². The molecule has 0 atom stereocenters. The fraction of sp³-hybridized carbons (Fsp3) is 0.438. The molecule has 1 aromatic heterocycles. The van der Waals surface area contributed by atoms with Gasteiger partial charge in [0.2, 0.25) is 0 Å². The Morgan fingerprint density at radius 1 is 1.17 bits per heavy atom. The predicted molar refractivity (Wildman–Crippen MR) is 77.0 cm³/mol. The molecule has 1 N–H and O–H groups in total. The fourth-order valence-corrected chi connectivity index (χ4v) is 2.91. The molecular formula is C16H20N2. The lowest BCUT2D eigenvalue weighted by molar-refractivity contribution is 0.531. The van der Waals surface area contributed by atoms with Crippen molar-refractivity contribution in [1.82, 2.24) is 4.98 Å². The van der Waals surface area contributed by atoms with Gasteiger partial charge < -0.3 is 5.32 Å². The van der Waals surface area contributed by atoms with Crippen molar-refractivity contribution in [2.45, 2.75) is 45.1 Å². The summed E-state index contributed by atoms with van der Waals surface area (Å²) >= 11 is 0. The second-order valence-corrected chi connectivity index (χ2v) is 5.74. The summed E-state index contributed by atoms with van der Waals surface area (Å²) in [5, 5.41) is 4.89. The summed E-state index contributed by atoms with van der Waals surface area (Å²) in [5.41, 5.74) is 2.55. The third-order valence-corrected chi connectivity index (χ3v) is 4.04. The molecule has 94 valence electrons. The summed E-state index contributed by atoms with van der Waals surface area (Å²) in [5.74, 6) is 1.05. The predicted octanol–water partition coefficient (Wildman–Crippen LogP) is 4.29. The first-order valence-electron chi connectivity index (χ1n) is 6.81. The van der Waals surface area contributed by atoms with E-state index in [1.807, 2.05) is 6.07 Å². The molecule has 0 unspecified atom stereocenters. The molecule has 0 aliphatic heterocycles. The van der Waals surface area contributed by atoms with Crippen LogP contribution >= 0.6 is 0 Å². The minimum atomic E-state index is 0.236. The molecule has 3 rings (SSSR count). The van der Waals surface area contributed by atoms with Crippen molar-refractivity contribution >= 4 is 16.7 Å². The summed E-state index contributed by atoms with van der Waals surface area (Å²) in [6.07, 6.45) is 5.16. The van der Waals surface area contributed by atoms with Crippen LogP contribution in [0, 0.1) is 6.92 Å². The molecule has 0 radical (unpaired) electrons. The minimum Gasteiger partial charge on any atom is -0.365 e. The first-order valence-corrected chi connectivity index (χ1v) is 6.81. The highest BCUT2D eigenvalue weighted by atomic mass is 15.1. The second-order valence-electron chi connectivity index (χ2n) is 5.74. The van der Waals surface area contributed by atoms with Gasteiger partial charge in [0.15, 0.2) is 0 Å². The van der Waals surface area contributed by atoms with Gasteiger partial charge in [-0.05, 0) is 44.4 Å². The zero-order chi connectivity index (χ0) is 12.6. The van der Waals surface area contributed by atoms with E-state index in [1.54, 1.807) is 0 Å². The van der Waals surface area contributed by atoms with Crippen molar-refractivity contribution in [3.05, 3.63) is 35.9 Å². The number of para-hydroxylation sites is 1. The summed E-state index contributed by atoms with van der Waals surface area (Å²) in [6.45, 7) is 4.45. The van der Waals surface area contributed by atoms with Gasteiger partial charge in [-0.15, -0.1) is 0 Å². The Morgan fingerprint density at radius 3 is 2.67 bits per heavy atom. The molecule has 1 aromatic carbocycles. The van der Waals surface area contributed by atoms with Crippen molar-refractivity contribution in [3.63, 3.8) is 0 Å². The van der Waals surface area contributed by atoms with Gasteiger partial charge in [-0.25, -0.2) is 4.98 Å². The minimum absolute atomic E-state index is 0.236. The van der Waals surface area contributed by atoms with Crippen LogP contribution in [0.25, 0.3) is 10.9 Å². The van der Waals surface area contributed by atoms with Gasteiger partial charge in [-0.1, -0.05) is 31.0 Å². The number of hydrogen-bond donors (Lipinski definition) is 1. The average Bonchev–Trinajstić information content (AvgIpc) is 2.77. The number of hydrogen-bond acceptors (Lipinski definition) is 2. The van der Waals surface area contributed by atoms with Crippen molar-refractivity contribution < 1.29 is 0 Å². The highest BCUT2D eigenvalue weighted by Gasteiger charge is 2.29. The topological polar surface area (TPSA) is 24.9 Å². The van der Waals surface area contributed by atoms with Gasteiger partial charge in [0.05, 0.1) is 5.52 Å². The molecule has 1 heterocycles. The first kappa shape index (κ1) is 11.5. The van der Waals surface area contributed by atoms with E-state index in [0.717, 1.165) is 11.3 Å². The molecule has 2 heteroatoms. The number of rotatable bonds is 2. The Kier molecular flexibility index (Phi) is 2.73. The van der Waals surface area contributed by atoms with E-state index < -0.39 is 0 Å². The number of aromatic nitrogens is 1. The molecule has 0 spiro atoms. The lowest BCUT2D eigenvalue weighted by atomic mass is 10.0. The van der Waals surface area contributed by atoms with Gasteiger partial charge in [-0.3, -0.25) is 0 Å². The molecule has 0 amide bonds. The maximum Gasteiger partial charge on any atom is 0.130 e. The third kappa shape index (κ3) is 2.07. The Labute approximate surface area is 108 Å². The zero-order valence-electron chi connectivity index (χ0n) is 11.2. The van der Waals surface area contributed by atoms with Crippen LogP contribution in [0.5, 0.6) is 0 Å². The molecule has 1 aliphatic rings. The Bertz CT molecular complexity index is 568. The summed E-state index contributed by atoms with van der Waals surface area (Å²) in [6, 6.07) is 10.5. The SMILES string of the molecule is Cc1cc2ccccc2nc1NC1(C)CCCC1. The highest BCUT2D eigenvalue weighted by Crippen LogP contribution is 2.33. The third-order valence-electron chi connectivity index (χ3n) is 4.04. The average molecular weight is 240 g/mol. The van der Waals surface area contributed by atoms with Gasteiger partial charge >= 0.3 is 0 Å². The van der Waals surface area contributed by atoms with Crippen LogP contribution in [-0.2, 0) is 0 Å². The molecule has 1 saturated carbocycles. The van der Waals surface area contributed by atoms with Gasteiger partial charge in [0, 0.05) is 10.9 Å². The molecular weight excluding hydrogens is 220 g/mol. The quantitative estimate of drug-likeness (QED) is 0.847. The Balaban J connectivity index is 1.98. The summed E-state index contributed by atoms with van der Waals surface area (Å²) < 4.78 is 0. The second kappa shape index (κ2) is 4.27. The fourth-order valence-electron chi connectivity index (χ4n) is 2.91.